The number of phenolic OH excluding ortho intramolecular Hbond substituents is 1. The first-order valence-electron chi connectivity index (χ1n) is 18.6. The van der Waals surface area contributed by atoms with Gasteiger partial charge in [-0.15, -0.1) is 0 Å². The number of benzene rings is 3. The maximum atomic E-state index is 11.9. The fraction of sp³-hybridized carbons (Fsp3) is 0.475. The molecule has 57 heavy (non-hydrogen) atoms. The molecular weight excluding hydrogens is 763 g/mol. The fourth-order valence-corrected chi connectivity index (χ4v) is 5.28. The van der Waals surface area contributed by atoms with E-state index in [-0.39, 0.29) is 16.7 Å². The van der Waals surface area contributed by atoms with Crippen molar-refractivity contribution < 1.29 is 57.3 Å². The SMILES string of the molecule is CNc1ccc(-c2c3ccc(=O)cc-3oc3cc(O)ccc23)c(C(=O)O)c1.NCCOCCOCCOCCOCCOCCOCCOCCOCCNC=S. The summed E-state index contributed by atoms with van der Waals surface area (Å²) >= 11 is 4.63. The zero-order chi connectivity index (χ0) is 40.9. The second-order valence-corrected chi connectivity index (χ2v) is 12.1. The molecule has 0 bridgehead atoms. The summed E-state index contributed by atoms with van der Waals surface area (Å²) in [5.41, 5.74) is 9.46. The zero-order valence-corrected chi connectivity index (χ0v) is 33.2. The second kappa shape index (κ2) is 29.0. The highest BCUT2D eigenvalue weighted by molar-refractivity contribution is 7.78. The molecule has 0 fully saturated rings. The summed E-state index contributed by atoms with van der Waals surface area (Å²) in [6.07, 6.45) is 0. The number of aromatic carboxylic acids is 1. The van der Waals surface area contributed by atoms with Gasteiger partial charge in [-0.05, 0) is 42.0 Å². The number of anilines is 1. The zero-order valence-electron chi connectivity index (χ0n) is 32.4. The van der Waals surface area contributed by atoms with Crippen molar-refractivity contribution in [1.29, 1.82) is 0 Å². The molecule has 0 aromatic heterocycles. The van der Waals surface area contributed by atoms with Gasteiger partial charge in [-0.3, -0.25) is 4.79 Å². The number of carboxylic acid groups (broad SMARTS) is 1. The van der Waals surface area contributed by atoms with Gasteiger partial charge in [0.15, 0.2) is 5.43 Å². The van der Waals surface area contributed by atoms with Crippen LogP contribution < -0.4 is 21.8 Å². The van der Waals surface area contributed by atoms with Gasteiger partial charge >= 0.3 is 5.97 Å². The summed E-state index contributed by atoms with van der Waals surface area (Å²) in [5, 5.41) is 26.0. The number of aromatic hydroxyl groups is 1. The van der Waals surface area contributed by atoms with Gasteiger partial charge in [-0.2, -0.15) is 0 Å². The summed E-state index contributed by atoms with van der Waals surface area (Å²) in [5.74, 6) is -0.730. The number of phenols is 1. The third-order valence-electron chi connectivity index (χ3n) is 7.83. The average molecular weight is 818 g/mol. The third kappa shape index (κ3) is 18.2. The Balaban J connectivity index is 0.000000306. The summed E-state index contributed by atoms with van der Waals surface area (Å²) in [7, 11) is 1.71. The van der Waals surface area contributed by atoms with E-state index < -0.39 is 5.97 Å². The summed E-state index contributed by atoms with van der Waals surface area (Å²) in [4.78, 5) is 23.7. The van der Waals surface area contributed by atoms with Crippen LogP contribution in [0, 0.1) is 0 Å². The highest BCUT2D eigenvalue weighted by Gasteiger charge is 2.22. The minimum absolute atomic E-state index is 0.0128. The first-order chi connectivity index (χ1) is 27.9. The number of ether oxygens (including phenoxy) is 8. The molecule has 1 aliphatic carbocycles. The maximum Gasteiger partial charge on any atom is 0.336 e. The van der Waals surface area contributed by atoms with Crippen LogP contribution in [-0.2, 0) is 37.9 Å². The Hall–Kier alpha value is -4.27. The molecule has 0 spiro atoms. The van der Waals surface area contributed by atoms with Crippen molar-refractivity contribution in [3.05, 3.63) is 70.4 Å². The fourth-order valence-electron chi connectivity index (χ4n) is 5.16. The van der Waals surface area contributed by atoms with Crippen LogP contribution in [0.25, 0.3) is 33.4 Å². The lowest BCUT2D eigenvalue weighted by Gasteiger charge is -2.17. The van der Waals surface area contributed by atoms with Crippen molar-refractivity contribution >= 4 is 40.3 Å². The molecule has 0 radical (unpaired) electrons. The highest BCUT2D eigenvalue weighted by atomic mass is 32.1. The molecule has 314 valence electrons. The molecule has 17 heteroatoms. The van der Waals surface area contributed by atoms with Crippen molar-refractivity contribution in [2.75, 3.05) is 131 Å². The molecule has 0 saturated carbocycles. The van der Waals surface area contributed by atoms with Crippen LogP contribution in [0.15, 0.2) is 63.8 Å². The number of carboxylic acids is 1. The van der Waals surface area contributed by atoms with Crippen LogP contribution in [0.5, 0.6) is 5.75 Å². The van der Waals surface area contributed by atoms with Crippen molar-refractivity contribution in [2.24, 2.45) is 5.73 Å². The number of hydrogen-bond donors (Lipinski definition) is 5. The molecule has 6 N–H and O–H groups in total. The topological polar surface area (TPSA) is 212 Å². The van der Waals surface area contributed by atoms with Gasteiger partial charge in [0.2, 0.25) is 0 Å². The molecular formula is C40H55N3O13S. The van der Waals surface area contributed by atoms with Gasteiger partial charge in [-0.1, -0.05) is 18.3 Å². The predicted molar refractivity (Wildman–Crippen MR) is 220 cm³/mol. The van der Waals surface area contributed by atoms with Gasteiger partial charge in [-0.25, -0.2) is 4.79 Å². The van der Waals surface area contributed by atoms with E-state index in [1.807, 2.05) is 0 Å². The van der Waals surface area contributed by atoms with Crippen LogP contribution in [0.2, 0.25) is 0 Å². The number of nitrogens with two attached hydrogens (primary N) is 1. The molecule has 1 heterocycles. The number of carbonyl (C=O) groups is 1. The van der Waals surface area contributed by atoms with Gasteiger partial charge < -0.3 is 68.9 Å². The Morgan fingerprint density at radius 3 is 1.70 bits per heavy atom. The van der Waals surface area contributed by atoms with Gasteiger partial charge in [0.25, 0.3) is 0 Å². The van der Waals surface area contributed by atoms with Crippen LogP contribution in [0.3, 0.4) is 0 Å². The summed E-state index contributed by atoms with van der Waals surface area (Å²) in [6.45, 7) is 9.99. The van der Waals surface area contributed by atoms with E-state index in [0.717, 1.165) is 0 Å². The average Bonchev–Trinajstić information content (AvgIpc) is 3.21. The quantitative estimate of drug-likeness (QED) is 0.0289. The van der Waals surface area contributed by atoms with Crippen LogP contribution in [0.1, 0.15) is 10.4 Å². The molecule has 2 aromatic carbocycles. The number of thiocarbonyl (C=S) groups is 1. The minimum Gasteiger partial charge on any atom is -0.508 e. The number of hydrogen-bond acceptors (Lipinski definition) is 15. The maximum absolute atomic E-state index is 11.9. The molecule has 0 saturated heterocycles. The molecule has 16 nitrogen and oxygen atoms in total. The van der Waals surface area contributed by atoms with E-state index in [1.54, 1.807) is 37.4 Å². The highest BCUT2D eigenvalue weighted by Crippen LogP contribution is 2.42. The first kappa shape index (κ1) is 47.1. The van der Waals surface area contributed by atoms with Crippen LogP contribution in [0.4, 0.5) is 5.69 Å². The lowest BCUT2D eigenvalue weighted by molar-refractivity contribution is -0.0228. The number of fused-ring (bicyclic) bond motifs is 2. The van der Waals surface area contributed by atoms with Crippen molar-refractivity contribution in [3.63, 3.8) is 0 Å². The van der Waals surface area contributed by atoms with E-state index in [4.69, 9.17) is 48.0 Å². The Labute approximate surface area is 337 Å². The van der Waals surface area contributed by atoms with Crippen molar-refractivity contribution in [2.45, 2.75) is 0 Å². The Morgan fingerprint density at radius 2 is 1.21 bits per heavy atom. The normalized spacial score (nSPS) is 11.1. The molecule has 0 unspecified atom stereocenters. The number of rotatable bonds is 30. The molecule has 2 aliphatic rings. The van der Waals surface area contributed by atoms with Crippen molar-refractivity contribution in [3.8, 4) is 28.2 Å². The largest absolute Gasteiger partial charge is 0.508 e. The predicted octanol–water partition coefficient (Wildman–Crippen LogP) is 3.64. The Morgan fingerprint density at radius 1 is 0.702 bits per heavy atom. The molecule has 1 aliphatic heterocycles. The molecule has 0 amide bonds. The minimum atomic E-state index is -1.07. The smallest absolute Gasteiger partial charge is 0.336 e. The van der Waals surface area contributed by atoms with E-state index in [2.05, 4.69) is 22.9 Å². The van der Waals surface area contributed by atoms with Gasteiger partial charge in [0.1, 0.15) is 17.1 Å². The van der Waals surface area contributed by atoms with Gasteiger partial charge in [0, 0.05) is 54.5 Å². The molecule has 2 aromatic rings. The standard InChI is InChI=1S/C21H15NO5.C19H40N2O8S/c1-22-11-2-5-14(17(8-11)21(25)26)20-15-6-3-12(23)9-18(15)27-19-10-13(24)4-7-16(19)20;20-1-3-22-5-7-24-9-11-26-13-15-28-17-18-29-16-14-27-12-10-25-8-6-23-4-2-21-19-30/h2-10,22-23H,1H3,(H,25,26);19H,1-18,20H2,(H,21,30). The molecule has 0 atom stereocenters. The van der Waals surface area contributed by atoms with Crippen LogP contribution >= 0.6 is 12.2 Å². The molecule has 4 rings (SSSR count). The Kier molecular flexibility index (Phi) is 24.0. The lowest BCUT2D eigenvalue weighted by Crippen LogP contribution is -2.18. The van der Waals surface area contributed by atoms with Crippen LogP contribution in [-0.4, -0.2) is 148 Å². The van der Waals surface area contributed by atoms with E-state index >= 15 is 0 Å². The summed E-state index contributed by atoms with van der Waals surface area (Å²) in [6, 6.07) is 14.1. The van der Waals surface area contributed by atoms with E-state index in [9.17, 15) is 19.8 Å². The lowest BCUT2D eigenvalue weighted by atomic mass is 9.90. The summed E-state index contributed by atoms with van der Waals surface area (Å²) < 4.78 is 48.7. The first-order valence-corrected chi connectivity index (χ1v) is 19.1. The monoisotopic (exact) mass is 817 g/mol. The van der Waals surface area contributed by atoms with E-state index in [0.29, 0.717) is 158 Å². The second-order valence-electron chi connectivity index (χ2n) is 11.9. The Bertz CT molecular complexity index is 1760. The van der Waals surface area contributed by atoms with Gasteiger partial charge in [0.05, 0.1) is 117 Å². The van der Waals surface area contributed by atoms with Crippen molar-refractivity contribution in [1.82, 2.24) is 5.32 Å². The van der Waals surface area contributed by atoms with E-state index in [1.165, 1.54) is 29.8 Å². The third-order valence-corrected chi connectivity index (χ3v) is 7.99. The number of nitrogens with one attached hydrogen (secondary N) is 2.